The lowest BCUT2D eigenvalue weighted by Crippen LogP contribution is -2.07. The Balaban J connectivity index is 2.53. The molecule has 1 aromatic rings. The first kappa shape index (κ1) is 12.3. The fraction of sp³-hybridized carbons (Fsp3) is 0.625. The van der Waals surface area contributed by atoms with Gasteiger partial charge in [-0.1, -0.05) is 30.0 Å². The lowest BCUT2D eigenvalue weighted by molar-refractivity contribution is -0.136. The molecule has 1 N–H and O–H groups in total. The van der Waals surface area contributed by atoms with Gasteiger partial charge in [0.15, 0.2) is 4.34 Å². The van der Waals surface area contributed by atoms with E-state index in [2.05, 4.69) is 10.2 Å². The van der Waals surface area contributed by atoms with Crippen LogP contribution in [0.5, 0.6) is 0 Å². The molecule has 0 fully saturated rings. The number of thioether (sulfide) groups is 1. The summed E-state index contributed by atoms with van der Waals surface area (Å²) in [5.41, 5.74) is 0. The van der Waals surface area contributed by atoms with E-state index < -0.39 is 5.97 Å². The molecule has 0 aliphatic heterocycles. The fourth-order valence-electron chi connectivity index (χ4n) is 0.891. The third-order valence-corrected chi connectivity index (χ3v) is 3.82. The molecular formula is C8H13N3O2S2. The second-order valence-electron chi connectivity index (χ2n) is 3.27. The van der Waals surface area contributed by atoms with Gasteiger partial charge in [0, 0.05) is 19.3 Å². The molecule has 0 aromatic carbocycles. The third-order valence-electron chi connectivity index (χ3n) is 1.54. The van der Waals surface area contributed by atoms with Gasteiger partial charge in [0.2, 0.25) is 5.13 Å². The number of anilines is 1. The Morgan fingerprint density at radius 1 is 1.60 bits per heavy atom. The number of aromatic nitrogens is 2. The van der Waals surface area contributed by atoms with Gasteiger partial charge >= 0.3 is 5.97 Å². The molecular weight excluding hydrogens is 234 g/mol. The van der Waals surface area contributed by atoms with Crippen molar-refractivity contribution >= 4 is 34.2 Å². The molecule has 1 heterocycles. The van der Waals surface area contributed by atoms with Crippen molar-refractivity contribution < 1.29 is 9.90 Å². The van der Waals surface area contributed by atoms with Crippen molar-refractivity contribution in [2.75, 3.05) is 19.0 Å². The Bertz CT molecular complexity index is 340. The Hall–Kier alpha value is -0.820. The monoisotopic (exact) mass is 247 g/mol. The highest BCUT2D eigenvalue weighted by Gasteiger charge is 2.13. The maximum atomic E-state index is 10.5. The van der Waals surface area contributed by atoms with Gasteiger partial charge in [-0.3, -0.25) is 4.79 Å². The zero-order valence-corrected chi connectivity index (χ0v) is 10.4. The average Bonchev–Trinajstić information content (AvgIpc) is 2.50. The molecule has 1 aromatic heterocycles. The van der Waals surface area contributed by atoms with Crippen molar-refractivity contribution in [3.8, 4) is 0 Å². The lowest BCUT2D eigenvalue weighted by Gasteiger charge is -2.05. The van der Waals surface area contributed by atoms with Crippen molar-refractivity contribution in [2.24, 2.45) is 0 Å². The molecule has 15 heavy (non-hydrogen) atoms. The molecule has 0 radical (unpaired) electrons. The molecule has 1 unspecified atom stereocenters. The minimum absolute atomic E-state index is 0.0189. The van der Waals surface area contributed by atoms with Crippen molar-refractivity contribution in [3.63, 3.8) is 0 Å². The van der Waals surface area contributed by atoms with Crippen LogP contribution in [0.2, 0.25) is 0 Å². The van der Waals surface area contributed by atoms with Crippen molar-refractivity contribution in [1.82, 2.24) is 10.2 Å². The van der Waals surface area contributed by atoms with Gasteiger partial charge < -0.3 is 10.0 Å². The summed E-state index contributed by atoms with van der Waals surface area (Å²) < 4.78 is 0.812. The van der Waals surface area contributed by atoms with Crippen LogP contribution in [-0.4, -0.2) is 40.6 Å². The summed E-state index contributed by atoms with van der Waals surface area (Å²) in [5, 5.41) is 17.4. The first-order valence-corrected chi connectivity index (χ1v) is 6.08. The number of carboxylic acid groups (broad SMARTS) is 1. The first-order valence-electron chi connectivity index (χ1n) is 4.38. The molecule has 0 saturated heterocycles. The quantitative estimate of drug-likeness (QED) is 0.796. The molecule has 5 nitrogen and oxygen atoms in total. The molecule has 0 amide bonds. The second-order valence-corrected chi connectivity index (χ2v) is 5.91. The van der Waals surface area contributed by atoms with Crippen LogP contribution in [0.15, 0.2) is 4.34 Å². The minimum atomic E-state index is -0.785. The largest absolute Gasteiger partial charge is 0.481 e. The van der Waals surface area contributed by atoms with E-state index in [0.29, 0.717) is 0 Å². The molecule has 1 atom stereocenters. The zero-order valence-electron chi connectivity index (χ0n) is 8.80. The van der Waals surface area contributed by atoms with Gasteiger partial charge in [-0.2, -0.15) is 0 Å². The maximum Gasteiger partial charge on any atom is 0.304 e. The highest BCUT2D eigenvalue weighted by atomic mass is 32.2. The van der Waals surface area contributed by atoms with Crippen molar-refractivity contribution in [3.05, 3.63) is 0 Å². The van der Waals surface area contributed by atoms with Gasteiger partial charge in [0.1, 0.15) is 0 Å². The normalized spacial score (nSPS) is 12.5. The van der Waals surface area contributed by atoms with Crippen LogP contribution in [0.3, 0.4) is 0 Å². The van der Waals surface area contributed by atoms with E-state index in [1.165, 1.54) is 23.1 Å². The van der Waals surface area contributed by atoms with E-state index in [1.54, 1.807) is 0 Å². The van der Waals surface area contributed by atoms with E-state index in [9.17, 15) is 4.79 Å². The SMILES string of the molecule is CC(CC(=O)O)Sc1nnc(N(C)C)s1. The van der Waals surface area contributed by atoms with Crippen molar-refractivity contribution in [1.29, 1.82) is 0 Å². The average molecular weight is 247 g/mol. The third kappa shape index (κ3) is 4.05. The number of rotatable bonds is 5. The Labute approximate surface area is 96.5 Å². The van der Waals surface area contributed by atoms with Crippen LogP contribution in [0.1, 0.15) is 13.3 Å². The number of hydrogen-bond acceptors (Lipinski definition) is 6. The van der Waals surface area contributed by atoms with Gasteiger partial charge in [0.25, 0.3) is 0 Å². The van der Waals surface area contributed by atoms with Crippen LogP contribution >= 0.6 is 23.1 Å². The summed E-state index contributed by atoms with van der Waals surface area (Å²) in [5.74, 6) is -0.785. The number of carbonyl (C=O) groups is 1. The van der Waals surface area contributed by atoms with Gasteiger partial charge in [-0.25, -0.2) is 0 Å². The number of aliphatic carboxylic acids is 1. The minimum Gasteiger partial charge on any atom is -0.481 e. The smallest absolute Gasteiger partial charge is 0.304 e. The topological polar surface area (TPSA) is 66.3 Å². The number of carboxylic acids is 1. The second kappa shape index (κ2) is 5.32. The molecule has 84 valence electrons. The summed E-state index contributed by atoms with van der Waals surface area (Å²) in [6, 6.07) is 0. The molecule has 7 heteroatoms. The predicted octanol–water partition coefficient (Wildman–Crippen LogP) is 1.56. The zero-order chi connectivity index (χ0) is 11.4. The predicted molar refractivity (Wildman–Crippen MR) is 61.8 cm³/mol. The summed E-state index contributed by atoms with van der Waals surface area (Å²) in [7, 11) is 3.80. The molecule has 0 aliphatic carbocycles. The van der Waals surface area contributed by atoms with E-state index in [0.717, 1.165) is 9.47 Å². The highest BCUT2D eigenvalue weighted by molar-refractivity contribution is 8.01. The van der Waals surface area contributed by atoms with E-state index >= 15 is 0 Å². The lowest BCUT2D eigenvalue weighted by atomic mass is 10.3. The van der Waals surface area contributed by atoms with E-state index in [-0.39, 0.29) is 11.7 Å². The van der Waals surface area contributed by atoms with Crippen LogP contribution < -0.4 is 4.90 Å². The standard InChI is InChI=1S/C8H13N3O2S2/c1-5(4-6(12)13)14-8-10-9-7(15-8)11(2)3/h5H,4H2,1-3H3,(H,12,13). The Morgan fingerprint density at radius 3 is 2.73 bits per heavy atom. The Kier molecular flexibility index (Phi) is 4.34. The summed E-state index contributed by atoms with van der Waals surface area (Å²) in [6.45, 7) is 1.87. The maximum absolute atomic E-state index is 10.5. The molecule has 1 rings (SSSR count). The van der Waals surface area contributed by atoms with Gasteiger partial charge in [-0.05, 0) is 0 Å². The Morgan fingerprint density at radius 2 is 2.27 bits per heavy atom. The molecule has 0 aliphatic rings. The van der Waals surface area contributed by atoms with Crippen LogP contribution in [0.25, 0.3) is 0 Å². The first-order chi connectivity index (χ1) is 6.99. The van der Waals surface area contributed by atoms with E-state index in [4.69, 9.17) is 5.11 Å². The summed E-state index contributed by atoms with van der Waals surface area (Å²) in [6.07, 6.45) is 0.140. The van der Waals surface area contributed by atoms with Gasteiger partial charge in [0.05, 0.1) is 6.42 Å². The number of nitrogens with zero attached hydrogens (tertiary/aromatic N) is 3. The van der Waals surface area contributed by atoms with Crippen LogP contribution in [0, 0.1) is 0 Å². The summed E-state index contributed by atoms with van der Waals surface area (Å²) in [4.78, 5) is 12.3. The van der Waals surface area contributed by atoms with Crippen LogP contribution in [0.4, 0.5) is 5.13 Å². The summed E-state index contributed by atoms with van der Waals surface area (Å²) >= 11 is 2.92. The molecule has 0 bridgehead atoms. The fourth-order valence-corrected chi connectivity index (χ4v) is 2.96. The number of hydrogen-bond donors (Lipinski definition) is 1. The van der Waals surface area contributed by atoms with E-state index in [1.807, 2.05) is 25.9 Å². The highest BCUT2D eigenvalue weighted by Crippen LogP contribution is 2.30. The molecule has 0 saturated carbocycles. The molecule has 0 spiro atoms. The van der Waals surface area contributed by atoms with Gasteiger partial charge in [-0.15, -0.1) is 10.2 Å². The van der Waals surface area contributed by atoms with Crippen molar-refractivity contribution in [2.45, 2.75) is 22.9 Å². The van der Waals surface area contributed by atoms with Crippen LogP contribution in [-0.2, 0) is 4.79 Å².